The second-order valence-corrected chi connectivity index (χ2v) is 7.98. The van der Waals surface area contributed by atoms with Crippen LogP contribution in [0.1, 0.15) is 57.1 Å². The molecule has 2 aliphatic heterocycles. The van der Waals surface area contributed by atoms with Crippen LogP contribution in [0.15, 0.2) is 28.2 Å². The molecule has 1 aromatic rings. The highest BCUT2D eigenvalue weighted by atomic mass is 16.6. The number of aliphatic hydroxyl groups is 1. The summed E-state index contributed by atoms with van der Waals surface area (Å²) in [6.07, 6.45) is 3.17. The minimum atomic E-state index is -0.575. The third-order valence-electron chi connectivity index (χ3n) is 5.54. The second kappa shape index (κ2) is 8.35. The summed E-state index contributed by atoms with van der Waals surface area (Å²) in [7, 11) is 0. The Kier molecular flexibility index (Phi) is 6.08. The number of carbonyl (C=O) groups is 2. The lowest BCUT2D eigenvalue weighted by Gasteiger charge is -2.26. The molecular weight excluding hydrogens is 360 g/mol. The third-order valence-corrected chi connectivity index (χ3v) is 5.54. The largest absolute Gasteiger partial charge is 0.462 e. The van der Waals surface area contributed by atoms with E-state index in [9.17, 15) is 14.7 Å². The SMILES string of the molecule is C=C(C)[C@H]1Cc2oc(cc2CO)/C=C(\C)C[C@@H]2CC(C(=O)O2)[C@H](OC(C)=O)C1. The van der Waals surface area contributed by atoms with Crippen molar-refractivity contribution in [1.82, 2.24) is 0 Å². The van der Waals surface area contributed by atoms with E-state index in [-0.39, 0.29) is 24.6 Å². The molecule has 4 atom stereocenters. The topological polar surface area (TPSA) is 86.0 Å². The molecule has 1 saturated heterocycles. The number of carbonyl (C=O) groups excluding carboxylic acids is 2. The maximum absolute atomic E-state index is 12.5. The highest BCUT2D eigenvalue weighted by Gasteiger charge is 2.42. The van der Waals surface area contributed by atoms with E-state index in [0.717, 1.165) is 16.7 Å². The van der Waals surface area contributed by atoms with Gasteiger partial charge < -0.3 is 19.0 Å². The fourth-order valence-electron chi connectivity index (χ4n) is 4.11. The number of hydrogen-bond acceptors (Lipinski definition) is 6. The van der Waals surface area contributed by atoms with Crippen LogP contribution < -0.4 is 0 Å². The van der Waals surface area contributed by atoms with Gasteiger partial charge >= 0.3 is 11.9 Å². The first-order chi connectivity index (χ1) is 13.3. The number of hydrogen-bond donors (Lipinski definition) is 1. The van der Waals surface area contributed by atoms with Crippen molar-refractivity contribution in [2.75, 3.05) is 0 Å². The molecular formula is C22H28O6. The molecule has 0 spiro atoms. The summed E-state index contributed by atoms with van der Waals surface area (Å²) in [6, 6.07) is 1.84. The van der Waals surface area contributed by atoms with Crippen LogP contribution in [0.25, 0.3) is 6.08 Å². The highest BCUT2D eigenvalue weighted by Crippen LogP contribution is 2.36. The van der Waals surface area contributed by atoms with Crippen molar-refractivity contribution in [3.05, 3.63) is 40.9 Å². The molecule has 0 saturated carbocycles. The fourth-order valence-corrected chi connectivity index (χ4v) is 4.11. The average Bonchev–Trinajstić information content (AvgIpc) is 3.15. The van der Waals surface area contributed by atoms with Gasteiger partial charge in [-0.1, -0.05) is 17.7 Å². The first kappa shape index (κ1) is 20.4. The second-order valence-electron chi connectivity index (χ2n) is 7.98. The predicted octanol–water partition coefficient (Wildman–Crippen LogP) is 3.57. The zero-order chi connectivity index (χ0) is 20.4. The Bertz CT molecular complexity index is 802. The van der Waals surface area contributed by atoms with Crippen molar-refractivity contribution in [2.45, 2.75) is 65.3 Å². The van der Waals surface area contributed by atoms with E-state index in [1.54, 1.807) is 0 Å². The Hall–Kier alpha value is -2.34. The Morgan fingerprint density at radius 1 is 1.32 bits per heavy atom. The Morgan fingerprint density at radius 3 is 2.71 bits per heavy atom. The van der Waals surface area contributed by atoms with Crippen LogP contribution >= 0.6 is 0 Å². The minimum Gasteiger partial charge on any atom is -0.462 e. The molecule has 6 heteroatoms. The van der Waals surface area contributed by atoms with Gasteiger partial charge in [0.15, 0.2) is 0 Å². The summed E-state index contributed by atoms with van der Waals surface area (Å²) < 4.78 is 17.1. The lowest BCUT2D eigenvalue weighted by molar-refractivity contribution is -0.156. The van der Waals surface area contributed by atoms with Crippen molar-refractivity contribution < 1.29 is 28.6 Å². The molecule has 6 nitrogen and oxygen atoms in total. The molecule has 1 unspecified atom stereocenters. The predicted molar refractivity (Wildman–Crippen MR) is 103 cm³/mol. The van der Waals surface area contributed by atoms with Gasteiger partial charge in [0.25, 0.3) is 0 Å². The van der Waals surface area contributed by atoms with Gasteiger partial charge in [-0.25, -0.2) is 0 Å². The van der Waals surface area contributed by atoms with E-state index >= 15 is 0 Å². The van der Waals surface area contributed by atoms with Crippen molar-refractivity contribution >= 4 is 18.0 Å². The van der Waals surface area contributed by atoms with Gasteiger partial charge in [0.1, 0.15) is 23.7 Å². The molecule has 0 amide bonds. The molecule has 1 aromatic heterocycles. The summed E-state index contributed by atoms with van der Waals surface area (Å²) in [5.41, 5.74) is 2.66. The molecule has 0 aromatic carbocycles. The summed E-state index contributed by atoms with van der Waals surface area (Å²) in [4.78, 5) is 24.2. The van der Waals surface area contributed by atoms with E-state index < -0.39 is 18.0 Å². The Balaban J connectivity index is 2.01. The molecule has 2 aliphatic rings. The van der Waals surface area contributed by atoms with Crippen LogP contribution in [-0.2, 0) is 32.1 Å². The summed E-state index contributed by atoms with van der Waals surface area (Å²) in [6.45, 7) is 9.19. The number of allylic oxidation sites excluding steroid dienone is 1. The number of fused-ring (bicyclic) bond motifs is 4. The monoisotopic (exact) mass is 388 g/mol. The van der Waals surface area contributed by atoms with Crippen LogP contribution in [0.4, 0.5) is 0 Å². The maximum Gasteiger partial charge on any atom is 0.313 e. The number of rotatable bonds is 3. The average molecular weight is 388 g/mol. The Labute approximate surface area is 165 Å². The van der Waals surface area contributed by atoms with Crippen LogP contribution in [0.5, 0.6) is 0 Å². The normalized spacial score (nSPS) is 29.6. The molecule has 0 aliphatic carbocycles. The van der Waals surface area contributed by atoms with Crippen molar-refractivity contribution in [2.24, 2.45) is 11.8 Å². The molecule has 28 heavy (non-hydrogen) atoms. The van der Waals surface area contributed by atoms with E-state index in [1.165, 1.54) is 6.92 Å². The molecule has 3 heterocycles. The van der Waals surface area contributed by atoms with Gasteiger partial charge in [-0.2, -0.15) is 0 Å². The standard InChI is InChI=1S/C22H28O6/c1-12(2)15-8-20-16(11-23)7-17(27-20)5-13(3)6-18-10-19(22(25)28-18)21(9-15)26-14(4)24/h5,7,15,18-19,21,23H,1,6,8-11H2,2-4H3/b13-5+/t15-,18+,19?,21+/m0/s1. The molecule has 4 bridgehead atoms. The number of furan rings is 1. The fraction of sp³-hybridized carbons (Fsp3) is 0.545. The molecule has 3 rings (SSSR count). The minimum absolute atomic E-state index is 0.0636. The van der Waals surface area contributed by atoms with Gasteiger partial charge in [0.2, 0.25) is 0 Å². The first-order valence-electron chi connectivity index (χ1n) is 9.69. The van der Waals surface area contributed by atoms with E-state index in [4.69, 9.17) is 13.9 Å². The number of aliphatic hydroxyl groups excluding tert-OH is 1. The summed E-state index contributed by atoms with van der Waals surface area (Å²) in [5.74, 6) is 0.102. The van der Waals surface area contributed by atoms with Gasteiger partial charge in [-0.15, -0.1) is 0 Å². The Morgan fingerprint density at radius 2 is 2.07 bits per heavy atom. The zero-order valence-corrected chi connectivity index (χ0v) is 16.7. The smallest absolute Gasteiger partial charge is 0.313 e. The van der Waals surface area contributed by atoms with Crippen LogP contribution in [0.3, 0.4) is 0 Å². The van der Waals surface area contributed by atoms with Crippen LogP contribution in [0, 0.1) is 11.8 Å². The highest BCUT2D eigenvalue weighted by molar-refractivity contribution is 5.76. The summed E-state index contributed by atoms with van der Waals surface area (Å²) >= 11 is 0. The van der Waals surface area contributed by atoms with Gasteiger partial charge in [-0.05, 0) is 38.3 Å². The van der Waals surface area contributed by atoms with Crippen molar-refractivity contribution in [3.63, 3.8) is 0 Å². The zero-order valence-electron chi connectivity index (χ0n) is 16.7. The summed E-state index contributed by atoms with van der Waals surface area (Å²) in [5, 5.41) is 9.72. The van der Waals surface area contributed by atoms with Gasteiger partial charge in [-0.3, -0.25) is 9.59 Å². The third kappa shape index (κ3) is 4.55. The lowest BCUT2D eigenvalue weighted by Crippen LogP contribution is -2.32. The van der Waals surface area contributed by atoms with E-state index in [2.05, 4.69) is 6.58 Å². The molecule has 152 valence electrons. The molecule has 1 fully saturated rings. The van der Waals surface area contributed by atoms with Crippen LogP contribution in [0.2, 0.25) is 0 Å². The quantitative estimate of drug-likeness (QED) is 0.629. The molecule has 1 N–H and O–H groups in total. The first-order valence-corrected chi connectivity index (χ1v) is 9.69. The van der Waals surface area contributed by atoms with Crippen LogP contribution in [-0.4, -0.2) is 29.3 Å². The lowest BCUT2D eigenvalue weighted by atomic mass is 9.84. The number of esters is 2. The molecule has 0 radical (unpaired) electrons. The van der Waals surface area contributed by atoms with Gasteiger partial charge in [0, 0.05) is 31.7 Å². The number of ether oxygens (including phenoxy) is 2. The maximum atomic E-state index is 12.5. The van der Waals surface area contributed by atoms with Crippen molar-refractivity contribution in [3.8, 4) is 0 Å². The van der Waals surface area contributed by atoms with E-state index in [1.807, 2.05) is 26.0 Å². The van der Waals surface area contributed by atoms with E-state index in [0.29, 0.717) is 37.2 Å². The van der Waals surface area contributed by atoms with Crippen molar-refractivity contribution in [1.29, 1.82) is 0 Å². The van der Waals surface area contributed by atoms with Gasteiger partial charge in [0.05, 0.1) is 12.5 Å².